The van der Waals surface area contributed by atoms with Crippen LogP contribution in [0.5, 0.6) is 0 Å². The molecule has 1 fully saturated rings. The van der Waals surface area contributed by atoms with E-state index in [1.165, 1.54) is 0 Å². The van der Waals surface area contributed by atoms with Crippen LogP contribution in [0.1, 0.15) is 21.7 Å². The van der Waals surface area contributed by atoms with Gasteiger partial charge in [0.05, 0.1) is 23.4 Å². The maximum atomic E-state index is 12.3. The van der Waals surface area contributed by atoms with Crippen molar-refractivity contribution in [1.29, 1.82) is 0 Å². The minimum Gasteiger partial charge on any atom is -0.390 e. The Kier molecular flexibility index (Phi) is 3.17. The normalized spacial score (nSPS) is 24.0. The molecule has 0 aliphatic carbocycles. The van der Waals surface area contributed by atoms with E-state index >= 15 is 0 Å². The molecule has 1 aliphatic heterocycles. The van der Waals surface area contributed by atoms with Gasteiger partial charge in [-0.1, -0.05) is 0 Å². The van der Waals surface area contributed by atoms with E-state index in [-0.39, 0.29) is 11.9 Å². The van der Waals surface area contributed by atoms with Crippen LogP contribution in [-0.2, 0) is 0 Å². The molecule has 6 nitrogen and oxygen atoms in total. The number of aromatic nitrogens is 2. The van der Waals surface area contributed by atoms with Crippen LogP contribution in [0, 0.1) is 13.8 Å². The lowest BCUT2D eigenvalue weighted by atomic mass is 10.1. The first kappa shape index (κ1) is 12.1. The van der Waals surface area contributed by atoms with Crippen molar-refractivity contribution in [3.63, 3.8) is 0 Å². The van der Waals surface area contributed by atoms with Gasteiger partial charge >= 0.3 is 0 Å². The molecular weight excluding hydrogens is 220 g/mol. The smallest absolute Gasteiger partial charge is 0.257 e. The number of likely N-dealkylation sites (N-methyl/N-ethyl adjacent to an activating group) is 1. The fraction of sp³-hybridized carbons (Fsp3) is 0.636. The lowest BCUT2D eigenvalue weighted by Crippen LogP contribution is -2.44. The van der Waals surface area contributed by atoms with Crippen molar-refractivity contribution in [3.05, 3.63) is 17.0 Å². The second-order valence-electron chi connectivity index (χ2n) is 4.52. The number of aromatic amines is 1. The maximum Gasteiger partial charge on any atom is 0.257 e. The summed E-state index contributed by atoms with van der Waals surface area (Å²) in [5, 5.41) is 19.6. The van der Waals surface area contributed by atoms with Gasteiger partial charge in [0.25, 0.3) is 5.91 Å². The third kappa shape index (κ3) is 2.05. The lowest BCUT2D eigenvalue weighted by molar-refractivity contribution is 0.0580. The number of carbonyl (C=O) groups excluding carboxylic acids is 1. The number of aryl methyl sites for hydroxylation is 2. The molecule has 94 valence electrons. The molecule has 3 N–H and O–H groups in total. The van der Waals surface area contributed by atoms with Crippen molar-refractivity contribution in [2.24, 2.45) is 0 Å². The average molecular weight is 238 g/mol. The Labute approximate surface area is 100 Å². The van der Waals surface area contributed by atoms with Crippen LogP contribution in [0.3, 0.4) is 0 Å². The number of β-amino-alcohol motifs (C(OH)–C–C–N with tert-alkyl or cyclic N) is 1. The summed E-state index contributed by atoms with van der Waals surface area (Å²) in [6, 6.07) is -0.170. The van der Waals surface area contributed by atoms with Crippen molar-refractivity contribution >= 4 is 5.91 Å². The number of hydrogen-bond donors (Lipinski definition) is 3. The van der Waals surface area contributed by atoms with Crippen LogP contribution in [0.25, 0.3) is 0 Å². The minimum absolute atomic E-state index is 0.0958. The summed E-state index contributed by atoms with van der Waals surface area (Å²) < 4.78 is 0. The monoisotopic (exact) mass is 238 g/mol. The minimum atomic E-state index is -0.503. The van der Waals surface area contributed by atoms with E-state index in [9.17, 15) is 9.90 Å². The van der Waals surface area contributed by atoms with Crippen molar-refractivity contribution in [1.82, 2.24) is 20.4 Å². The first-order chi connectivity index (χ1) is 8.02. The molecule has 1 aliphatic rings. The molecule has 2 atom stereocenters. The van der Waals surface area contributed by atoms with Gasteiger partial charge in [-0.25, -0.2) is 0 Å². The summed E-state index contributed by atoms with van der Waals surface area (Å²) in [5.41, 5.74) is 2.06. The number of carbonyl (C=O) groups is 1. The molecule has 17 heavy (non-hydrogen) atoms. The Morgan fingerprint density at radius 2 is 2.18 bits per heavy atom. The van der Waals surface area contributed by atoms with Crippen LogP contribution >= 0.6 is 0 Å². The van der Waals surface area contributed by atoms with E-state index in [4.69, 9.17) is 0 Å². The molecule has 2 heterocycles. The fourth-order valence-corrected chi connectivity index (χ4v) is 2.24. The highest BCUT2D eigenvalue weighted by molar-refractivity contribution is 5.96. The molecule has 2 rings (SSSR count). The fourth-order valence-electron chi connectivity index (χ4n) is 2.24. The van der Waals surface area contributed by atoms with Gasteiger partial charge in [0.1, 0.15) is 0 Å². The van der Waals surface area contributed by atoms with Gasteiger partial charge in [-0.05, 0) is 13.8 Å². The maximum absolute atomic E-state index is 12.3. The Morgan fingerprint density at radius 3 is 2.65 bits per heavy atom. The highest BCUT2D eigenvalue weighted by Gasteiger charge is 2.32. The number of rotatable bonds is 2. The number of nitrogens with zero attached hydrogens (tertiary/aromatic N) is 2. The Bertz CT molecular complexity index is 410. The van der Waals surface area contributed by atoms with E-state index in [1.807, 2.05) is 6.92 Å². The molecule has 0 aromatic carbocycles. The van der Waals surface area contributed by atoms with E-state index in [2.05, 4.69) is 15.5 Å². The number of amides is 1. The van der Waals surface area contributed by atoms with Gasteiger partial charge in [0, 0.05) is 25.8 Å². The molecular formula is C11H18N4O2. The lowest BCUT2D eigenvalue weighted by Gasteiger charge is -2.26. The Morgan fingerprint density at radius 1 is 1.47 bits per heavy atom. The van der Waals surface area contributed by atoms with Gasteiger partial charge in [-0.15, -0.1) is 0 Å². The zero-order valence-corrected chi connectivity index (χ0v) is 10.3. The predicted molar refractivity (Wildman–Crippen MR) is 62.8 cm³/mol. The van der Waals surface area contributed by atoms with Crippen LogP contribution < -0.4 is 5.32 Å². The molecule has 0 saturated carbocycles. The molecule has 1 amide bonds. The molecule has 0 spiro atoms. The SMILES string of the molecule is Cc1n[nH]c(C)c1C(=O)N(C)[C@H]1CNC[C@@H]1O. The topological polar surface area (TPSA) is 81.2 Å². The molecule has 0 bridgehead atoms. The Hall–Kier alpha value is -1.40. The average Bonchev–Trinajstić information content (AvgIpc) is 2.84. The molecule has 6 heteroatoms. The van der Waals surface area contributed by atoms with E-state index in [0.29, 0.717) is 24.3 Å². The number of hydrogen-bond acceptors (Lipinski definition) is 4. The van der Waals surface area contributed by atoms with Crippen molar-refractivity contribution in [2.75, 3.05) is 20.1 Å². The third-order valence-electron chi connectivity index (χ3n) is 3.31. The number of aliphatic hydroxyl groups excluding tert-OH is 1. The predicted octanol–water partition coefficient (Wildman–Crippen LogP) is -0.569. The third-order valence-corrected chi connectivity index (χ3v) is 3.31. The zero-order valence-electron chi connectivity index (χ0n) is 10.3. The quantitative estimate of drug-likeness (QED) is 0.644. The van der Waals surface area contributed by atoms with Gasteiger partial charge in [-0.2, -0.15) is 5.10 Å². The summed E-state index contributed by atoms with van der Waals surface area (Å²) in [7, 11) is 1.72. The number of H-pyrrole nitrogens is 1. The molecule has 1 aromatic heterocycles. The molecule has 1 saturated heterocycles. The van der Waals surface area contributed by atoms with Crippen molar-refractivity contribution in [2.45, 2.75) is 26.0 Å². The summed E-state index contributed by atoms with van der Waals surface area (Å²) in [6.07, 6.45) is -0.503. The van der Waals surface area contributed by atoms with Crippen LogP contribution in [0.15, 0.2) is 0 Å². The highest BCUT2D eigenvalue weighted by Crippen LogP contribution is 2.16. The molecule has 0 unspecified atom stereocenters. The first-order valence-corrected chi connectivity index (χ1v) is 5.70. The Balaban J connectivity index is 2.20. The zero-order chi connectivity index (χ0) is 12.6. The van der Waals surface area contributed by atoms with Crippen LogP contribution in [0.4, 0.5) is 0 Å². The van der Waals surface area contributed by atoms with Crippen LogP contribution in [-0.4, -0.2) is 58.4 Å². The van der Waals surface area contributed by atoms with Crippen LogP contribution in [0.2, 0.25) is 0 Å². The second kappa shape index (κ2) is 4.46. The standard InChI is InChI=1S/C11H18N4O2/c1-6-10(7(2)14-13-6)11(17)15(3)8-4-12-5-9(8)16/h8-9,12,16H,4-5H2,1-3H3,(H,13,14)/t8-,9-/m0/s1. The summed E-state index contributed by atoms with van der Waals surface area (Å²) in [5.74, 6) is -0.0958. The second-order valence-corrected chi connectivity index (χ2v) is 4.52. The highest BCUT2D eigenvalue weighted by atomic mass is 16.3. The summed E-state index contributed by atoms with van der Waals surface area (Å²) >= 11 is 0. The van der Waals surface area contributed by atoms with E-state index < -0.39 is 6.10 Å². The molecule has 1 aromatic rings. The molecule has 0 radical (unpaired) electrons. The summed E-state index contributed by atoms with van der Waals surface area (Å²) in [6.45, 7) is 4.78. The van der Waals surface area contributed by atoms with Gasteiger partial charge in [-0.3, -0.25) is 9.89 Å². The van der Waals surface area contributed by atoms with Crippen molar-refractivity contribution in [3.8, 4) is 0 Å². The number of aliphatic hydroxyl groups is 1. The van der Waals surface area contributed by atoms with Crippen molar-refractivity contribution < 1.29 is 9.90 Å². The number of nitrogens with one attached hydrogen (secondary N) is 2. The van der Waals surface area contributed by atoms with Gasteiger partial charge in [0.15, 0.2) is 0 Å². The van der Waals surface area contributed by atoms with E-state index in [0.717, 1.165) is 5.69 Å². The largest absolute Gasteiger partial charge is 0.390 e. The van der Waals surface area contributed by atoms with Gasteiger partial charge in [0.2, 0.25) is 0 Å². The summed E-state index contributed by atoms with van der Waals surface area (Å²) in [4.78, 5) is 13.9. The van der Waals surface area contributed by atoms with E-state index in [1.54, 1.807) is 18.9 Å². The first-order valence-electron chi connectivity index (χ1n) is 5.70. The van der Waals surface area contributed by atoms with Gasteiger partial charge < -0.3 is 15.3 Å².